The van der Waals surface area contributed by atoms with E-state index in [-0.39, 0.29) is 5.28 Å². The first-order valence-corrected chi connectivity index (χ1v) is 6.07. The lowest BCUT2D eigenvalue weighted by molar-refractivity contribution is 0.787. The Hall–Kier alpha value is -0.550. The Morgan fingerprint density at radius 2 is 2.29 bits per heavy atom. The van der Waals surface area contributed by atoms with Crippen LogP contribution in [0.25, 0.3) is 0 Å². The Bertz CT molecular complexity index is 301. The van der Waals surface area contributed by atoms with Gasteiger partial charge < -0.3 is 4.90 Å². The predicted octanol–water partition coefficient (Wildman–Crippen LogP) is 1.47. The van der Waals surface area contributed by atoms with E-state index in [1.807, 2.05) is 11.8 Å². The lowest BCUT2D eigenvalue weighted by Crippen LogP contribution is -2.26. The van der Waals surface area contributed by atoms with Gasteiger partial charge >= 0.3 is 0 Å². The molecule has 0 atom stereocenters. The van der Waals surface area contributed by atoms with Gasteiger partial charge in [-0.3, -0.25) is 0 Å². The van der Waals surface area contributed by atoms with Gasteiger partial charge in [-0.05, 0) is 23.8 Å². The molecule has 2 heterocycles. The molecule has 14 heavy (non-hydrogen) atoms. The number of hydrogen-bond donors (Lipinski definition) is 0. The Kier molecular flexibility index (Phi) is 3.42. The van der Waals surface area contributed by atoms with E-state index in [1.165, 1.54) is 12.2 Å². The van der Waals surface area contributed by atoms with Crippen LogP contribution in [0, 0.1) is 0 Å². The summed E-state index contributed by atoms with van der Waals surface area (Å²) in [5.74, 6) is 3.21. The molecule has 0 aromatic carbocycles. The van der Waals surface area contributed by atoms with Crippen molar-refractivity contribution in [2.45, 2.75) is 6.42 Å². The molecule has 0 radical (unpaired) electrons. The highest BCUT2D eigenvalue weighted by Gasteiger charge is 2.11. The van der Waals surface area contributed by atoms with Gasteiger partial charge in [-0.1, -0.05) is 0 Å². The summed E-state index contributed by atoms with van der Waals surface area (Å²) in [5.41, 5.74) is 0. The second-order valence-corrected chi connectivity index (χ2v) is 4.60. The Balaban J connectivity index is 2.12. The molecular formula is C8H11ClN4S. The van der Waals surface area contributed by atoms with Crippen LogP contribution in [0.3, 0.4) is 0 Å². The molecule has 0 unspecified atom stereocenters. The molecule has 76 valence electrons. The summed E-state index contributed by atoms with van der Waals surface area (Å²) in [6.45, 7) is 2.04. The van der Waals surface area contributed by atoms with Gasteiger partial charge in [0.2, 0.25) is 5.28 Å². The van der Waals surface area contributed by atoms with Crippen LogP contribution in [-0.2, 0) is 0 Å². The molecule has 0 aliphatic carbocycles. The minimum absolute atomic E-state index is 0.222. The maximum absolute atomic E-state index is 5.69. The zero-order valence-electron chi connectivity index (χ0n) is 7.69. The standard InChI is InChI=1S/C8H11ClN4S/c9-8-11-7(6-10-12-8)13-2-1-4-14-5-3-13/h6H,1-5H2. The van der Waals surface area contributed by atoms with Gasteiger partial charge in [-0.25, -0.2) is 0 Å². The SMILES string of the molecule is Clc1nncc(N2CCCSCC2)n1. The van der Waals surface area contributed by atoms with E-state index in [0.29, 0.717) is 0 Å². The molecule has 2 rings (SSSR count). The molecule has 4 nitrogen and oxygen atoms in total. The minimum Gasteiger partial charge on any atom is -0.354 e. The highest BCUT2D eigenvalue weighted by molar-refractivity contribution is 7.99. The van der Waals surface area contributed by atoms with Crippen molar-refractivity contribution >= 4 is 29.2 Å². The van der Waals surface area contributed by atoms with Crippen LogP contribution in [0.15, 0.2) is 6.20 Å². The number of rotatable bonds is 1. The molecule has 1 aliphatic rings. The largest absolute Gasteiger partial charge is 0.354 e. The van der Waals surface area contributed by atoms with Crippen LogP contribution < -0.4 is 4.90 Å². The lowest BCUT2D eigenvalue weighted by Gasteiger charge is -2.19. The van der Waals surface area contributed by atoms with Crippen molar-refractivity contribution in [3.63, 3.8) is 0 Å². The molecule has 6 heteroatoms. The summed E-state index contributed by atoms with van der Waals surface area (Å²) in [6.07, 6.45) is 2.86. The zero-order valence-corrected chi connectivity index (χ0v) is 9.26. The second kappa shape index (κ2) is 4.79. The maximum Gasteiger partial charge on any atom is 0.244 e. The number of thioether (sulfide) groups is 1. The van der Waals surface area contributed by atoms with Crippen LogP contribution in [0.1, 0.15) is 6.42 Å². The van der Waals surface area contributed by atoms with Crippen LogP contribution in [0.4, 0.5) is 5.82 Å². The molecule has 1 aromatic rings. The Morgan fingerprint density at radius 1 is 1.36 bits per heavy atom. The van der Waals surface area contributed by atoms with E-state index in [1.54, 1.807) is 6.20 Å². The first-order chi connectivity index (χ1) is 6.86. The quantitative estimate of drug-likeness (QED) is 0.731. The normalized spacial score (nSPS) is 17.9. The molecule has 1 aromatic heterocycles. The summed E-state index contributed by atoms with van der Waals surface area (Å²) in [7, 11) is 0. The van der Waals surface area contributed by atoms with Crippen molar-refractivity contribution < 1.29 is 0 Å². The van der Waals surface area contributed by atoms with Crippen LogP contribution >= 0.6 is 23.4 Å². The van der Waals surface area contributed by atoms with Gasteiger partial charge in [-0.2, -0.15) is 21.8 Å². The molecule has 0 amide bonds. The van der Waals surface area contributed by atoms with Crippen molar-refractivity contribution in [3.8, 4) is 0 Å². The number of nitrogens with zero attached hydrogens (tertiary/aromatic N) is 4. The fraction of sp³-hybridized carbons (Fsp3) is 0.625. The molecule has 1 fully saturated rings. The topological polar surface area (TPSA) is 41.9 Å². The summed E-state index contributed by atoms with van der Waals surface area (Å²) in [6, 6.07) is 0. The van der Waals surface area contributed by atoms with Crippen molar-refractivity contribution in [3.05, 3.63) is 11.5 Å². The number of hydrogen-bond acceptors (Lipinski definition) is 5. The van der Waals surface area contributed by atoms with Crippen molar-refractivity contribution in [1.82, 2.24) is 15.2 Å². The fourth-order valence-corrected chi connectivity index (χ4v) is 2.42. The summed E-state index contributed by atoms with van der Waals surface area (Å²) >= 11 is 7.67. The van der Waals surface area contributed by atoms with Crippen molar-refractivity contribution in [2.24, 2.45) is 0 Å². The third kappa shape index (κ3) is 2.48. The fourth-order valence-electron chi connectivity index (χ4n) is 1.40. The van der Waals surface area contributed by atoms with E-state index >= 15 is 0 Å². The predicted molar refractivity (Wildman–Crippen MR) is 59.0 cm³/mol. The Morgan fingerprint density at radius 3 is 3.14 bits per heavy atom. The van der Waals surface area contributed by atoms with E-state index in [0.717, 1.165) is 24.7 Å². The van der Waals surface area contributed by atoms with Gasteiger partial charge in [-0.15, -0.1) is 5.10 Å². The summed E-state index contributed by atoms with van der Waals surface area (Å²) in [4.78, 5) is 6.36. The van der Waals surface area contributed by atoms with Crippen LogP contribution in [0.2, 0.25) is 5.28 Å². The number of anilines is 1. The van der Waals surface area contributed by atoms with Crippen molar-refractivity contribution in [2.75, 3.05) is 29.5 Å². The molecule has 1 saturated heterocycles. The van der Waals surface area contributed by atoms with E-state index < -0.39 is 0 Å². The van der Waals surface area contributed by atoms with Gasteiger partial charge in [0.25, 0.3) is 0 Å². The minimum atomic E-state index is 0.222. The maximum atomic E-state index is 5.69. The summed E-state index contributed by atoms with van der Waals surface area (Å²) < 4.78 is 0. The third-order valence-electron chi connectivity index (χ3n) is 2.07. The average molecular weight is 231 g/mol. The third-order valence-corrected chi connectivity index (χ3v) is 3.28. The average Bonchev–Trinajstić information content (AvgIpc) is 2.45. The highest BCUT2D eigenvalue weighted by atomic mass is 35.5. The van der Waals surface area contributed by atoms with Crippen LogP contribution in [0.5, 0.6) is 0 Å². The molecule has 0 bridgehead atoms. The molecule has 0 N–H and O–H groups in total. The molecule has 0 saturated carbocycles. The van der Waals surface area contributed by atoms with Gasteiger partial charge in [0.15, 0.2) is 5.82 Å². The van der Waals surface area contributed by atoms with E-state index in [9.17, 15) is 0 Å². The molecular weight excluding hydrogens is 220 g/mol. The van der Waals surface area contributed by atoms with Gasteiger partial charge in [0.1, 0.15) is 0 Å². The number of aromatic nitrogens is 3. The lowest BCUT2D eigenvalue weighted by atomic mass is 10.4. The molecule has 1 aliphatic heterocycles. The zero-order chi connectivity index (χ0) is 9.80. The monoisotopic (exact) mass is 230 g/mol. The van der Waals surface area contributed by atoms with Crippen molar-refractivity contribution in [1.29, 1.82) is 0 Å². The first kappa shape index (κ1) is 9.98. The second-order valence-electron chi connectivity index (χ2n) is 3.04. The number of halogens is 1. The smallest absolute Gasteiger partial charge is 0.244 e. The van der Waals surface area contributed by atoms with E-state index in [2.05, 4.69) is 20.1 Å². The molecule has 0 spiro atoms. The van der Waals surface area contributed by atoms with Gasteiger partial charge in [0, 0.05) is 18.8 Å². The Labute approximate surface area is 92.1 Å². The highest BCUT2D eigenvalue weighted by Crippen LogP contribution is 2.16. The summed E-state index contributed by atoms with van der Waals surface area (Å²) in [5, 5.41) is 7.65. The van der Waals surface area contributed by atoms with Crippen LogP contribution in [-0.4, -0.2) is 39.8 Å². The van der Waals surface area contributed by atoms with Gasteiger partial charge in [0.05, 0.1) is 6.20 Å². The first-order valence-electron chi connectivity index (χ1n) is 4.54. The van der Waals surface area contributed by atoms with E-state index in [4.69, 9.17) is 11.6 Å².